The Morgan fingerprint density at radius 2 is 1.94 bits per heavy atom. The van der Waals surface area contributed by atoms with Crippen LogP contribution in [0.2, 0.25) is 0 Å². The van der Waals surface area contributed by atoms with Crippen molar-refractivity contribution >= 4 is 11.3 Å². The van der Waals surface area contributed by atoms with Crippen LogP contribution in [0.5, 0.6) is 0 Å². The second-order valence-corrected chi connectivity index (χ2v) is 4.59. The van der Waals surface area contributed by atoms with Crippen molar-refractivity contribution < 1.29 is 0 Å². The maximum atomic E-state index is 8.76. The lowest BCUT2D eigenvalue weighted by atomic mass is 10.1. The van der Waals surface area contributed by atoms with Crippen LogP contribution in [0.4, 0.5) is 0 Å². The summed E-state index contributed by atoms with van der Waals surface area (Å²) in [5.74, 6) is 0. The average molecular weight is 228 g/mol. The first-order valence-electron chi connectivity index (χ1n) is 5.07. The van der Waals surface area contributed by atoms with E-state index < -0.39 is 0 Å². The van der Waals surface area contributed by atoms with Crippen LogP contribution in [0.25, 0.3) is 10.4 Å². The highest BCUT2D eigenvalue weighted by Gasteiger charge is 2.02. The van der Waals surface area contributed by atoms with Gasteiger partial charge in [0.25, 0.3) is 0 Å². The lowest BCUT2D eigenvalue weighted by molar-refractivity contribution is 0.818. The summed E-state index contributed by atoms with van der Waals surface area (Å²) in [4.78, 5) is 1.90. The Hall–Kier alpha value is -1.63. The predicted octanol–water partition coefficient (Wildman–Crippen LogP) is 3.01. The summed E-state index contributed by atoms with van der Waals surface area (Å²) in [5, 5.41) is 11.9. The van der Waals surface area contributed by atoms with Gasteiger partial charge in [-0.1, -0.05) is 24.3 Å². The van der Waals surface area contributed by atoms with Crippen molar-refractivity contribution in [3.8, 4) is 16.5 Å². The Morgan fingerprint density at radius 1 is 1.19 bits per heavy atom. The first-order valence-corrected chi connectivity index (χ1v) is 5.89. The minimum atomic E-state index is 0.759. The number of benzene rings is 1. The molecule has 1 heterocycles. The summed E-state index contributed by atoms with van der Waals surface area (Å²) >= 11 is 1.53. The molecular weight excluding hydrogens is 216 g/mol. The van der Waals surface area contributed by atoms with Gasteiger partial charge in [0, 0.05) is 11.4 Å². The minimum absolute atomic E-state index is 0.759. The smallest absolute Gasteiger partial charge is 0.110 e. The van der Waals surface area contributed by atoms with E-state index in [1.165, 1.54) is 22.5 Å². The Kier molecular flexibility index (Phi) is 3.35. The molecular formula is C13H12N2S. The van der Waals surface area contributed by atoms with E-state index in [2.05, 4.69) is 35.7 Å². The largest absolute Gasteiger partial charge is 0.316 e. The average Bonchev–Trinajstić information content (AvgIpc) is 2.79. The summed E-state index contributed by atoms with van der Waals surface area (Å²) in [6.07, 6.45) is 0. The van der Waals surface area contributed by atoms with Crippen molar-refractivity contribution in [1.29, 1.82) is 5.26 Å². The van der Waals surface area contributed by atoms with Crippen LogP contribution < -0.4 is 5.32 Å². The predicted molar refractivity (Wildman–Crippen MR) is 67.2 cm³/mol. The summed E-state index contributed by atoms with van der Waals surface area (Å²) in [5.41, 5.74) is 2.44. The van der Waals surface area contributed by atoms with E-state index in [1.54, 1.807) is 0 Å². The molecule has 0 atom stereocenters. The fraction of sp³-hybridized carbons (Fsp3) is 0.154. The van der Waals surface area contributed by atoms with Crippen LogP contribution in [0.1, 0.15) is 10.4 Å². The van der Waals surface area contributed by atoms with Crippen molar-refractivity contribution in [1.82, 2.24) is 5.32 Å². The van der Waals surface area contributed by atoms with Gasteiger partial charge in [-0.05, 0) is 30.3 Å². The van der Waals surface area contributed by atoms with E-state index in [0.29, 0.717) is 0 Å². The molecule has 1 aromatic carbocycles. The van der Waals surface area contributed by atoms with Crippen LogP contribution in [-0.2, 0) is 6.54 Å². The molecule has 0 unspecified atom stereocenters. The molecule has 0 amide bonds. The number of nitrogens with one attached hydrogen (secondary N) is 1. The van der Waals surface area contributed by atoms with Gasteiger partial charge in [0.1, 0.15) is 10.9 Å². The Morgan fingerprint density at radius 3 is 2.50 bits per heavy atom. The van der Waals surface area contributed by atoms with Crippen LogP contribution in [-0.4, -0.2) is 7.05 Å². The van der Waals surface area contributed by atoms with E-state index in [1.807, 2.05) is 19.2 Å². The number of thiophene rings is 1. The number of hydrogen-bond donors (Lipinski definition) is 1. The highest BCUT2D eigenvalue weighted by molar-refractivity contribution is 7.16. The third kappa shape index (κ3) is 2.30. The monoisotopic (exact) mass is 228 g/mol. The molecule has 1 aromatic heterocycles. The molecule has 0 spiro atoms. The molecule has 3 heteroatoms. The molecule has 0 aliphatic heterocycles. The normalized spacial score (nSPS) is 10.0. The molecule has 2 aromatic rings. The first-order chi connectivity index (χ1) is 7.83. The molecule has 0 saturated heterocycles. The van der Waals surface area contributed by atoms with E-state index in [-0.39, 0.29) is 0 Å². The summed E-state index contributed by atoms with van der Waals surface area (Å²) in [6.45, 7) is 0.883. The molecule has 16 heavy (non-hydrogen) atoms. The number of nitriles is 1. The molecule has 0 radical (unpaired) electrons. The Labute approximate surface area is 99.2 Å². The fourth-order valence-electron chi connectivity index (χ4n) is 1.54. The van der Waals surface area contributed by atoms with Crippen LogP contribution in [0.3, 0.4) is 0 Å². The molecule has 2 rings (SSSR count). The van der Waals surface area contributed by atoms with Crippen molar-refractivity contribution in [2.75, 3.05) is 7.05 Å². The third-order valence-electron chi connectivity index (χ3n) is 2.34. The second-order valence-electron chi connectivity index (χ2n) is 3.50. The number of hydrogen-bond acceptors (Lipinski definition) is 3. The van der Waals surface area contributed by atoms with Gasteiger partial charge in [-0.3, -0.25) is 0 Å². The van der Waals surface area contributed by atoms with E-state index in [0.717, 1.165) is 16.3 Å². The molecule has 0 aliphatic rings. The highest BCUT2D eigenvalue weighted by Crippen LogP contribution is 2.27. The van der Waals surface area contributed by atoms with Crippen molar-refractivity contribution in [2.24, 2.45) is 0 Å². The van der Waals surface area contributed by atoms with Gasteiger partial charge in [0.2, 0.25) is 0 Å². The molecule has 0 aliphatic carbocycles. The van der Waals surface area contributed by atoms with E-state index >= 15 is 0 Å². The summed E-state index contributed by atoms with van der Waals surface area (Å²) in [6, 6.07) is 14.4. The summed E-state index contributed by atoms with van der Waals surface area (Å²) < 4.78 is 0. The Balaban J connectivity index is 2.24. The van der Waals surface area contributed by atoms with Gasteiger partial charge < -0.3 is 5.32 Å². The van der Waals surface area contributed by atoms with Gasteiger partial charge >= 0.3 is 0 Å². The lowest BCUT2D eigenvalue weighted by Crippen LogP contribution is -2.04. The zero-order valence-electron chi connectivity index (χ0n) is 9.03. The highest BCUT2D eigenvalue weighted by atomic mass is 32.1. The maximum absolute atomic E-state index is 8.76. The third-order valence-corrected chi connectivity index (χ3v) is 3.37. The quantitative estimate of drug-likeness (QED) is 0.876. The molecule has 2 nitrogen and oxygen atoms in total. The van der Waals surface area contributed by atoms with Gasteiger partial charge in [0.05, 0.1) is 0 Å². The van der Waals surface area contributed by atoms with Crippen LogP contribution in [0, 0.1) is 11.3 Å². The second kappa shape index (κ2) is 4.93. The van der Waals surface area contributed by atoms with E-state index in [4.69, 9.17) is 5.26 Å². The summed E-state index contributed by atoms with van der Waals surface area (Å²) in [7, 11) is 1.94. The van der Waals surface area contributed by atoms with Crippen LogP contribution >= 0.6 is 11.3 Å². The molecule has 80 valence electrons. The van der Waals surface area contributed by atoms with Gasteiger partial charge in [-0.25, -0.2) is 0 Å². The first kappa shape index (κ1) is 10.9. The molecule has 0 bridgehead atoms. The van der Waals surface area contributed by atoms with Gasteiger partial charge in [-0.2, -0.15) is 5.26 Å². The van der Waals surface area contributed by atoms with Gasteiger partial charge in [-0.15, -0.1) is 11.3 Å². The zero-order valence-corrected chi connectivity index (χ0v) is 9.84. The number of nitrogens with zero attached hydrogens (tertiary/aromatic N) is 1. The van der Waals surface area contributed by atoms with Crippen LogP contribution in [0.15, 0.2) is 36.4 Å². The van der Waals surface area contributed by atoms with Crippen molar-refractivity contribution in [3.63, 3.8) is 0 Å². The SMILES string of the molecule is CNCc1ccc(-c2ccc(C#N)s2)cc1. The molecule has 0 saturated carbocycles. The van der Waals surface area contributed by atoms with Gasteiger partial charge in [0.15, 0.2) is 0 Å². The zero-order chi connectivity index (χ0) is 11.4. The van der Waals surface area contributed by atoms with Crippen molar-refractivity contribution in [2.45, 2.75) is 6.54 Å². The number of rotatable bonds is 3. The standard InChI is InChI=1S/C13H12N2S/c1-15-9-10-2-4-11(5-3-10)13-7-6-12(8-14)16-13/h2-7,15H,9H2,1H3. The maximum Gasteiger partial charge on any atom is 0.110 e. The Bertz CT molecular complexity index is 505. The fourth-order valence-corrected chi connectivity index (χ4v) is 2.35. The van der Waals surface area contributed by atoms with E-state index in [9.17, 15) is 0 Å². The minimum Gasteiger partial charge on any atom is -0.316 e. The molecule has 0 fully saturated rings. The van der Waals surface area contributed by atoms with Crippen molar-refractivity contribution in [3.05, 3.63) is 46.8 Å². The lowest BCUT2D eigenvalue weighted by Gasteiger charge is -2.01. The molecule has 1 N–H and O–H groups in total. The topological polar surface area (TPSA) is 35.8 Å².